The maximum absolute atomic E-state index is 13.5. The highest BCUT2D eigenvalue weighted by molar-refractivity contribution is 7.90. The predicted octanol–water partition coefficient (Wildman–Crippen LogP) is 3.09. The largest absolute Gasteiger partial charge is 0.331 e. The maximum atomic E-state index is 13.5. The van der Waals surface area contributed by atoms with Crippen LogP contribution in [0.15, 0.2) is 53.7 Å². The number of hydrogen-bond donors (Lipinski definition) is 0. The summed E-state index contributed by atoms with van der Waals surface area (Å²) in [5, 5.41) is 0.644. The molecule has 3 heterocycles. The Morgan fingerprint density at radius 1 is 1.17 bits per heavy atom. The van der Waals surface area contributed by atoms with Gasteiger partial charge in [0.1, 0.15) is 11.5 Å². The van der Waals surface area contributed by atoms with Crippen LogP contribution in [0.1, 0.15) is 12.1 Å². The van der Waals surface area contributed by atoms with Crippen LogP contribution in [0.2, 0.25) is 5.15 Å². The van der Waals surface area contributed by atoms with Crippen molar-refractivity contribution in [1.29, 1.82) is 0 Å². The summed E-state index contributed by atoms with van der Waals surface area (Å²) in [4.78, 5) is 23.8. The van der Waals surface area contributed by atoms with Crippen molar-refractivity contribution in [2.75, 3.05) is 27.2 Å². The summed E-state index contributed by atoms with van der Waals surface area (Å²) in [6, 6.07) is 9.80. The third-order valence-corrected chi connectivity index (χ3v) is 7.00. The van der Waals surface area contributed by atoms with E-state index in [4.69, 9.17) is 11.6 Å². The number of urea groups is 1. The van der Waals surface area contributed by atoms with E-state index in [0.29, 0.717) is 30.6 Å². The van der Waals surface area contributed by atoms with Gasteiger partial charge in [-0.25, -0.2) is 27.2 Å². The molecule has 1 aliphatic rings. The first-order chi connectivity index (χ1) is 14.3. The van der Waals surface area contributed by atoms with Crippen molar-refractivity contribution < 1.29 is 13.2 Å². The van der Waals surface area contributed by atoms with Crippen LogP contribution in [0.5, 0.6) is 0 Å². The number of amides is 2. The molecule has 0 radical (unpaired) electrons. The maximum Gasteiger partial charge on any atom is 0.319 e. The Morgan fingerprint density at radius 2 is 1.90 bits per heavy atom. The number of nitrogens with zero attached hydrogens (tertiary/aromatic N) is 5. The minimum Gasteiger partial charge on any atom is -0.331 e. The zero-order chi connectivity index (χ0) is 21.5. The number of carbonyl (C=O) groups is 1. The molecule has 0 N–H and O–H groups in total. The average Bonchev–Trinajstić information content (AvgIpc) is 3.16. The second-order valence-electron chi connectivity index (χ2n) is 7.12. The number of carbonyl (C=O) groups excluding carboxylic acids is 1. The van der Waals surface area contributed by atoms with E-state index in [1.165, 1.54) is 15.2 Å². The molecule has 156 valence electrons. The van der Waals surface area contributed by atoms with E-state index in [1.807, 2.05) is 6.08 Å². The number of fused-ring (bicyclic) bond motifs is 1. The summed E-state index contributed by atoms with van der Waals surface area (Å²) in [6.45, 7) is 0.869. The van der Waals surface area contributed by atoms with E-state index in [-0.39, 0.29) is 21.7 Å². The van der Waals surface area contributed by atoms with Gasteiger partial charge in [-0.15, -0.1) is 0 Å². The highest BCUT2D eigenvalue weighted by Crippen LogP contribution is 2.33. The Hall–Kier alpha value is -2.91. The molecule has 1 aromatic carbocycles. The van der Waals surface area contributed by atoms with Gasteiger partial charge >= 0.3 is 6.03 Å². The van der Waals surface area contributed by atoms with Crippen molar-refractivity contribution in [1.82, 2.24) is 23.7 Å². The minimum absolute atomic E-state index is 0.0864. The fraction of sp³-hybridized carbons (Fsp3) is 0.250. The summed E-state index contributed by atoms with van der Waals surface area (Å²) < 4.78 is 28.2. The van der Waals surface area contributed by atoms with E-state index in [9.17, 15) is 13.2 Å². The van der Waals surface area contributed by atoms with Crippen molar-refractivity contribution in [2.45, 2.75) is 11.3 Å². The summed E-state index contributed by atoms with van der Waals surface area (Å²) in [6.07, 6.45) is 3.63. The summed E-state index contributed by atoms with van der Waals surface area (Å²) in [5.41, 5.74) is 1.51. The van der Waals surface area contributed by atoms with Gasteiger partial charge in [0, 0.05) is 27.2 Å². The fourth-order valence-corrected chi connectivity index (χ4v) is 5.18. The topological polar surface area (TPSA) is 88.4 Å². The van der Waals surface area contributed by atoms with Crippen molar-refractivity contribution in [3.63, 3.8) is 0 Å². The molecular weight excluding hydrogens is 426 g/mol. The van der Waals surface area contributed by atoms with Gasteiger partial charge in [0.15, 0.2) is 5.65 Å². The first-order valence-corrected chi connectivity index (χ1v) is 11.1. The van der Waals surface area contributed by atoms with Crippen LogP contribution in [0.25, 0.3) is 16.6 Å². The molecule has 0 saturated carbocycles. The van der Waals surface area contributed by atoms with Crippen LogP contribution in [0.4, 0.5) is 4.79 Å². The van der Waals surface area contributed by atoms with Gasteiger partial charge in [-0.3, -0.25) is 0 Å². The van der Waals surface area contributed by atoms with Gasteiger partial charge in [-0.1, -0.05) is 35.9 Å². The molecule has 0 spiro atoms. The van der Waals surface area contributed by atoms with Crippen molar-refractivity contribution in [3.8, 4) is 0 Å². The lowest BCUT2D eigenvalue weighted by atomic mass is 10.1. The Morgan fingerprint density at radius 3 is 2.53 bits per heavy atom. The zero-order valence-corrected chi connectivity index (χ0v) is 18.1. The van der Waals surface area contributed by atoms with Gasteiger partial charge < -0.3 is 9.80 Å². The van der Waals surface area contributed by atoms with Gasteiger partial charge in [0.2, 0.25) is 0 Å². The molecule has 2 amide bonds. The number of hydrogen-bond acceptors (Lipinski definition) is 5. The molecule has 0 aliphatic carbocycles. The lowest BCUT2D eigenvalue weighted by molar-refractivity contribution is 0.176. The lowest BCUT2D eigenvalue weighted by Gasteiger charge is -2.29. The van der Waals surface area contributed by atoms with Crippen molar-refractivity contribution in [2.24, 2.45) is 0 Å². The van der Waals surface area contributed by atoms with Gasteiger partial charge in [-0.05, 0) is 30.2 Å². The third-order valence-electron chi connectivity index (χ3n) is 4.98. The molecule has 1 aliphatic heterocycles. The smallest absolute Gasteiger partial charge is 0.319 e. The molecule has 0 fully saturated rings. The zero-order valence-electron chi connectivity index (χ0n) is 16.5. The van der Waals surface area contributed by atoms with E-state index < -0.39 is 10.0 Å². The normalized spacial score (nSPS) is 14.6. The highest BCUT2D eigenvalue weighted by atomic mass is 35.5. The van der Waals surface area contributed by atoms with Crippen LogP contribution < -0.4 is 0 Å². The Kier molecular flexibility index (Phi) is 5.25. The van der Waals surface area contributed by atoms with Crippen molar-refractivity contribution in [3.05, 3.63) is 59.6 Å². The molecule has 0 unspecified atom stereocenters. The molecule has 4 rings (SSSR count). The first kappa shape index (κ1) is 20.4. The fourth-order valence-electron chi connectivity index (χ4n) is 3.48. The second-order valence-corrected chi connectivity index (χ2v) is 9.26. The van der Waals surface area contributed by atoms with Crippen molar-refractivity contribution >= 4 is 44.3 Å². The van der Waals surface area contributed by atoms with Crippen LogP contribution in [-0.4, -0.2) is 65.4 Å². The quantitative estimate of drug-likeness (QED) is 0.578. The van der Waals surface area contributed by atoms with Gasteiger partial charge in [-0.2, -0.15) is 0 Å². The monoisotopic (exact) mass is 445 g/mol. The molecular formula is C20H20ClN5O3S. The summed E-state index contributed by atoms with van der Waals surface area (Å²) in [7, 11) is -0.522. The molecule has 2 aromatic heterocycles. The molecule has 0 atom stereocenters. The Labute approximate surface area is 179 Å². The summed E-state index contributed by atoms with van der Waals surface area (Å²) >= 11 is 6.24. The number of rotatable bonds is 3. The minimum atomic E-state index is -3.92. The van der Waals surface area contributed by atoms with Crippen LogP contribution in [0, 0.1) is 0 Å². The Balaban J connectivity index is 1.87. The van der Waals surface area contributed by atoms with E-state index in [1.54, 1.807) is 55.4 Å². The summed E-state index contributed by atoms with van der Waals surface area (Å²) in [5.74, 6) is 0. The van der Waals surface area contributed by atoms with E-state index in [0.717, 1.165) is 5.57 Å². The molecule has 10 heteroatoms. The molecule has 8 nitrogen and oxygen atoms in total. The number of benzene rings is 1. The van der Waals surface area contributed by atoms with Gasteiger partial charge in [0.25, 0.3) is 10.0 Å². The lowest BCUT2D eigenvalue weighted by Crippen LogP contribution is -2.41. The molecule has 30 heavy (non-hydrogen) atoms. The molecule has 0 bridgehead atoms. The third kappa shape index (κ3) is 3.44. The molecule has 3 aromatic rings. The first-order valence-electron chi connectivity index (χ1n) is 9.29. The second kappa shape index (κ2) is 7.73. The van der Waals surface area contributed by atoms with Crippen LogP contribution in [-0.2, 0) is 10.0 Å². The number of halogens is 1. The van der Waals surface area contributed by atoms with E-state index >= 15 is 0 Å². The predicted molar refractivity (Wildman–Crippen MR) is 115 cm³/mol. The van der Waals surface area contributed by atoms with E-state index in [2.05, 4.69) is 9.97 Å². The molecule has 0 saturated heterocycles. The Bertz CT molecular complexity index is 1250. The highest BCUT2D eigenvalue weighted by Gasteiger charge is 2.28. The standard InChI is InChI=1S/C20H20ClN5O3S/c1-24(2)20(27)25-10-8-14(9-11-25)17-12-16-18(21)22-13-23-19(16)26(17)30(28,29)15-6-4-3-5-7-15/h3-8,12-13H,9-11H2,1-2H3. The average molecular weight is 446 g/mol. The number of aromatic nitrogens is 3. The SMILES string of the molecule is CN(C)C(=O)N1CC=C(c2cc3c(Cl)ncnc3n2S(=O)(=O)c2ccccc2)CC1. The van der Waals surface area contributed by atoms with Gasteiger partial charge in [0.05, 0.1) is 16.0 Å². The van der Waals surface area contributed by atoms with Crippen LogP contribution >= 0.6 is 11.6 Å². The van der Waals surface area contributed by atoms with Crippen LogP contribution in [0.3, 0.4) is 0 Å².